The zero-order chi connectivity index (χ0) is 23.4. The molecule has 2 atom stereocenters. The van der Waals surface area contributed by atoms with E-state index in [0.29, 0.717) is 32.8 Å². The molecule has 33 heavy (non-hydrogen) atoms. The largest absolute Gasteiger partial charge is 0.486 e. The first kappa shape index (κ1) is 22.6. The highest BCUT2D eigenvalue weighted by Gasteiger charge is 2.19. The van der Waals surface area contributed by atoms with E-state index in [1.54, 1.807) is 48.5 Å². The highest BCUT2D eigenvalue weighted by molar-refractivity contribution is 6.30. The van der Waals surface area contributed by atoms with Crippen LogP contribution in [0.3, 0.4) is 0 Å². The molecule has 8 heteroatoms. The van der Waals surface area contributed by atoms with Crippen LogP contribution >= 0.6 is 11.6 Å². The van der Waals surface area contributed by atoms with Gasteiger partial charge in [0, 0.05) is 22.2 Å². The molecule has 2 unspecified atom stereocenters. The number of aromatic nitrogens is 1. The molecule has 1 aromatic heterocycles. The minimum absolute atomic E-state index is 0.188. The van der Waals surface area contributed by atoms with Gasteiger partial charge in [-0.15, -0.1) is 0 Å². The van der Waals surface area contributed by atoms with Crippen molar-refractivity contribution in [3.63, 3.8) is 0 Å². The lowest BCUT2D eigenvalue weighted by molar-refractivity contribution is 0.133. The zero-order valence-electron chi connectivity index (χ0n) is 17.2. The number of para-hydroxylation sites is 1. The van der Waals surface area contributed by atoms with Gasteiger partial charge < -0.3 is 9.84 Å². The van der Waals surface area contributed by atoms with Gasteiger partial charge in [0.25, 0.3) is 0 Å². The number of hydrogen-bond donors (Lipinski definition) is 2. The molecule has 0 saturated heterocycles. The van der Waals surface area contributed by atoms with Crippen LogP contribution in [0.5, 0.6) is 5.75 Å². The summed E-state index contributed by atoms with van der Waals surface area (Å²) in [6.45, 7) is -0.322. The van der Waals surface area contributed by atoms with E-state index in [4.69, 9.17) is 16.3 Å². The van der Waals surface area contributed by atoms with Gasteiger partial charge in [0.15, 0.2) is 0 Å². The van der Waals surface area contributed by atoms with Crippen molar-refractivity contribution >= 4 is 22.5 Å². The average Bonchev–Trinajstić information content (AvgIpc) is 2.82. The SMILES string of the molecule is N#CC(NC(O)c1ccnc2c(OCc3c(F)cccc3F)cccc12)c1ccc(Cl)cc1. The van der Waals surface area contributed by atoms with Crippen molar-refractivity contribution in [2.45, 2.75) is 18.9 Å². The molecule has 0 bridgehead atoms. The summed E-state index contributed by atoms with van der Waals surface area (Å²) < 4.78 is 33.6. The molecule has 0 fully saturated rings. The fourth-order valence-corrected chi connectivity index (χ4v) is 3.58. The van der Waals surface area contributed by atoms with Gasteiger partial charge >= 0.3 is 0 Å². The van der Waals surface area contributed by atoms with Gasteiger partial charge in [0.1, 0.15) is 41.8 Å². The van der Waals surface area contributed by atoms with Crippen LogP contribution in [0.25, 0.3) is 10.9 Å². The van der Waals surface area contributed by atoms with E-state index in [1.165, 1.54) is 12.3 Å². The molecule has 1 heterocycles. The second kappa shape index (κ2) is 9.92. The van der Waals surface area contributed by atoms with Crippen LogP contribution < -0.4 is 10.1 Å². The number of hydrogen-bond acceptors (Lipinski definition) is 5. The summed E-state index contributed by atoms with van der Waals surface area (Å²) in [5, 5.41) is 24.4. The normalized spacial score (nSPS) is 12.8. The second-order valence-electron chi connectivity index (χ2n) is 7.22. The van der Waals surface area contributed by atoms with Gasteiger partial charge in [-0.1, -0.05) is 41.9 Å². The second-order valence-corrected chi connectivity index (χ2v) is 7.66. The molecule has 166 valence electrons. The van der Waals surface area contributed by atoms with Gasteiger partial charge in [-0.3, -0.25) is 10.3 Å². The van der Waals surface area contributed by atoms with E-state index in [0.717, 1.165) is 12.1 Å². The fraction of sp³-hybridized carbons (Fsp3) is 0.120. The number of benzene rings is 3. The molecule has 5 nitrogen and oxygen atoms in total. The van der Waals surface area contributed by atoms with Crippen molar-refractivity contribution in [1.29, 1.82) is 5.26 Å². The van der Waals surface area contributed by atoms with Crippen molar-refractivity contribution in [3.8, 4) is 11.8 Å². The predicted molar refractivity (Wildman–Crippen MR) is 120 cm³/mol. The van der Waals surface area contributed by atoms with Crippen molar-refractivity contribution < 1.29 is 18.6 Å². The van der Waals surface area contributed by atoms with Crippen LogP contribution in [0.4, 0.5) is 8.78 Å². The third-order valence-corrected chi connectivity index (χ3v) is 5.40. The molecule has 0 aliphatic carbocycles. The lowest BCUT2D eigenvalue weighted by Gasteiger charge is -2.20. The minimum Gasteiger partial charge on any atom is -0.486 e. The number of aliphatic hydroxyl groups excluding tert-OH is 1. The van der Waals surface area contributed by atoms with Gasteiger partial charge in [-0.2, -0.15) is 5.26 Å². The molecule has 3 aromatic carbocycles. The van der Waals surface area contributed by atoms with Crippen molar-refractivity contribution in [2.75, 3.05) is 0 Å². The van der Waals surface area contributed by atoms with Gasteiger partial charge in [-0.05, 0) is 42.0 Å². The van der Waals surface area contributed by atoms with E-state index >= 15 is 0 Å². The van der Waals surface area contributed by atoms with E-state index in [1.807, 2.05) is 0 Å². The number of ether oxygens (including phenoxy) is 1. The third kappa shape index (κ3) is 4.94. The molecule has 0 saturated carbocycles. The molecule has 2 N–H and O–H groups in total. The maximum atomic E-state index is 13.9. The standard InChI is InChI=1S/C25H18ClF2N3O2/c26-16-9-7-15(8-10-16)22(13-29)31-25(32)18-11-12-30-24-17(18)3-1-6-23(24)33-14-19-20(27)4-2-5-21(19)28/h1-12,22,25,31-32H,14H2. The monoisotopic (exact) mass is 465 g/mol. The van der Waals surface area contributed by atoms with Crippen LogP contribution in [0, 0.1) is 23.0 Å². The highest BCUT2D eigenvalue weighted by atomic mass is 35.5. The zero-order valence-corrected chi connectivity index (χ0v) is 17.9. The van der Waals surface area contributed by atoms with Crippen LogP contribution in [0.1, 0.15) is 29.0 Å². The number of nitrogens with one attached hydrogen (secondary N) is 1. The molecule has 0 radical (unpaired) electrons. The number of halogens is 3. The van der Waals surface area contributed by atoms with Gasteiger partial charge in [-0.25, -0.2) is 8.78 Å². The Hall–Kier alpha value is -3.57. The Kier molecular flexibility index (Phi) is 6.80. The van der Waals surface area contributed by atoms with Crippen LogP contribution in [0.15, 0.2) is 72.9 Å². The molecular formula is C25H18ClF2N3O2. The molecule has 0 amide bonds. The smallest absolute Gasteiger partial charge is 0.146 e. The molecule has 0 aliphatic heterocycles. The number of fused-ring (bicyclic) bond motifs is 1. The summed E-state index contributed by atoms with van der Waals surface area (Å²) in [7, 11) is 0. The van der Waals surface area contributed by atoms with Gasteiger partial charge in [0.05, 0.1) is 11.6 Å². The maximum absolute atomic E-state index is 13.9. The molecule has 0 spiro atoms. The van der Waals surface area contributed by atoms with E-state index in [2.05, 4.69) is 16.4 Å². The fourth-order valence-electron chi connectivity index (χ4n) is 3.46. The van der Waals surface area contributed by atoms with Crippen molar-refractivity contribution in [1.82, 2.24) is 10.3 Å². The summed E-state index contributed by atoms with van der Waals surface area (Å²) in [5.41, 5.74) is 1.34. The summed E-state index contributed by atoms with van der Waals surface area (Å²) in [6, 6.07) is 18.4. The number of nitrogens with zero attached hydrogens (tertiary/aromatic N) is 2. The van der Waals surface area contributed by atoms with Crippen LogP contribution in [0.2, 0.25) is 5.02 Å². The number of aliphatic hydroxyl groups is 1. The lowest BCUT2D eigenvalue weighted by atomic mass is 10.0. The third-order valence-electron chi connectivity index (χ3n) is 5.15. The predicted octanol–water partition coefficient (Wildman–Crippen LogP) is 5.59. The quantitative estimate of drug-likeness (QED) is 0.348. The Bertz CT molecular complexity index is 1310. The Morgan fingerprint density at radius 2 is 1.73 bits per heavy atom. The summed E-state index contributed by atoms with van der Waals surface area (Å²) >= 11 is 5.91. The Labute approximate surface area is 193 Å². The molecular weight excluding hydrogens is 448 g/mol. The summed E-state index contributed by atoms with van der Waals surface area (Å²) in [6.07, 6.45) is 0.290. The topological polar surface area (TPSA) is 78.2 Å². The molecule has 4 rings (SSSR count). The van der Waals surface area contributed by atoms with Crippen molar-refractivity contribution in [2.24, 2.45) is 0 Å². The Morgan fingerprint density at radius 1 is 1.03 bits per heavy atom. The van der Waals surface area contributed by atoms with Crippen LogP contribution in [-0.4, -0.2) is 10.1 Å². The highest BCUT2D eigenvalue weighted by Crippen LogP contribution is 2.30. The first-order chi connectivity index (χ1) is 16.0. The number of rotatable bonds is 7. The number of nitriles is 1. The van der Waals surface area contributed by atoms with E-state index in [9.17, 15) is 19.1 Å². The Balaban J connectivity index is 1.60. The van der Waals surface area contributed by atoms with Crippen molar-refractivity contribution in [3.05, 3.63) is 106 Å². The van der Waals surface area contributed by atoms with Crippen LogP contribution in [-0.2, 0) is 6.61 Å². The summed E-state index contributed by atoms with van der Waals surface area (Å²) in [4.78, 5) is 4.32. The van der Waals surface area contributed by atoms with Gasteiger partial charge in [0.2, 0.25) is 0 Å². The lowest BCUT2D eigenvalue weighted by Crippen LogP contribution is -2.25. The number of pyridine rings is 1. The first-order valence-corrected chi connectivity index (χ1v) is 10.4. The minimum atomic E-state index is -1.20. The maximum Gasteiger partial charge on any atom is 0.146 e. The first-order valence-electron chi connectivity index (χ1n) is 10.0. The molecule has 0 aliphatic rings. The molecule has 4 aromatic rings. The summed E-state index contributed by atoms with van der Waals surface area (Å²) in [5.74, 6) is -1.10. The van der Waals surface area contributed by atoms with E-state index < -0.39 is 23.9 Å². The van der Waals surface area contributed by atoms with E-state index in [-0.39, 0.29) is 12.2 Å². The Morgan fingerprint density at radius 3 is 2.42 bits per heavy atom. The average molecular weight is 466 g/mol.